The summed E-state index contributed by atoms with van der Waals surface area (Å²) in [7, 11) is -3.38. The second-order valence-corrected chi connectivity index (χ2v) is 7.67. The molecule has 0 amide bonds. The van der Waals surface area contributed by atoms with Crippen LogP contribution >= 0.6 is 0 Å². The van der Waals surface area contributed by atoms with Gasteiger partial charge in [-0.3, -0.25) is 4.79 Å². The SMILES string of the molecule is CC1(C)OC[C@@H](COC(=O)Cc2ccccc2S(C)(=O)=O)O1. The monoisotopic (exact) mass is 328 g/mol. The Kier molecular flexibility index (Phi) is 4.89. The Bertz CT molecular complexity index is 650. The fraction of sp³-hybridized carbons (Fsp3) is 0.533. The molecule has 1 fully saturated rings. The number of hydrogen-bond donors (Lipinski definition) is 0. The third kappa shape index (κ3) is 4.53. The van der Waals surface area contributed by atoms with Crippen molar-refractivity contribution in [3.8, 4) is 0 Å². The van der Waals surface area contributed by atoms with Gasteiger partial charge in [0.2, 0.25) is 0 Å². The van der Waals surface area contributed by atoms with E-state index in [4.69, 9.17) is 14.2 Å². The fourth-order valence-electron chi connectivity index (χ4n) is 2.25. The van der Waals surface area contributed by atoms with Crippen LogP contribution in [0.4, 0.5) is 0 Å². The lowest BCUT2D eigenvalue weighted by molar-refractivity contribution is -0.157. The summed E-state index contributed by atoms with van der Waals surface area (Å²) < 4.78 is 39.4. The van der Waals surface area contributed by atoms with Crippen LogP contribution in [0.3, 0.4) is 0 Å². The van der Waals surface area contributed by atoms with Crippen LogP contribution in [0.1, 0.15) is 19.4 Å². The summed E-state index contributed by atoms with van der Waals surface area (Å²) in [5.41, 5.74) is 0.430. The first kappa shape index (κ1) is 16.9. The van der Waals surface area contributed by atoms with Crippen LogP contribution < -0.4 is 0 Å². The predicted molar refractivity (Wildman–Crippen MR) is 79.1 cm³/mol. The van der Waals surface area contributed by atoms with Gasteiger partial charge in [-0.05, 0) is 25.5 Å². The molecule has 1 aliphatic rings. The van der Waals surface area contributed by atoms with Gasteiger partial charge >= 0.3 is 5.97 Å². The quantitative estimate of drug-likeness (QED) is 0.759. The van der Waals surface area contributed by atoms with Gasteiger partial charge in [-0.25, -0.2) is 8.42 Å². The van der Waals surface area contributed by atoms with Gasteiger partial charge < -0.3 is 14.2 Å². The topological polar surface area (TPSA) is 78.9 Å². The highest BCUT2D eigenvalue weighted by atomic mass is 32.2. The lowest BCUT2D eigenvalue weighted by Crippen LogP contribution is -2.25. The molecule has 0 aliphatic carbocycles. The Morgan fingerprint density at radius 1 is 1.36 bits per heavy atom. The van der Waals surface area contributed by atoms with Gasteiger partial charge in [0, 0.05) is 6.26 Å². The van der Waals surface area contributed by atoms with E-state index < -0.39 is 21.6 Å². The maximum Gasteiger partial charge on any atom is 0.310 e. The first-order chi connectivity index (χ1) is 10.2. The van der Waals surface area contributed by atoms with Crippen LogP contribution in [-0.4, -0.2) is 45.7 Å². The van der Waals surface area contributed by atoms with Crippen molar-refractivity contribution in [2.24, 2.45) is 0 Å². The van der Waals surface area contributed by atoms with Crippen molar-refractivity contribution in [3.63, 3.8) is 0 Å². The third-order valence-electron chi connectivity index (χ3n) is 3.20. The van der Waals surface area contributed by atoms with Crippen LogP contribution in [0.2, 0.25) is 0 Å². The van der Waals surface area contributed by atoms with Crippen molar-refractivity contribution < 1.29 is 27.4 Å². The maximum atomic E-state index is 11.9. The van der Waals surface area contributed by atoms with Gasteiger partial charge in [0.05, 0.1) is 17.9 Å². The molecule has 122 valence electrons. The molecular formula is C15H20O6S. The summed E-state index contributed by atoms with van der Waals surface area (Å²) >= 11 is 0. The summed E-state index contributed by atoms with van der Waals surface area (Å²) in [5, 5.41) is 0. The fourth-order valence-corrected chi connectivity index (χ4v) is 3.19. The van der Waals surface area contributed by atoms with E-state index in [1.54, 1.807) is 32.0 Å². The van der Waals surface area contributed by atoms with E-state index >= 15 is 0 Å². The lowest BCUT2D eigenvalue weighted by Gasteiger charge is -2.17. The number of carbonyl (C=O) groups is 1. The van der Waals surface area contributed by atoms with Gasteiger partial charge in [-0.15, -0.1) is 0 Å². The molecule has 0 unspecified atom stereocenters. The number of carbonyl (C=O) groups excluding carboxylic acids is 1. The van der Waals surface area contributed by atoms with Crippen LogP contribution in [0, 0.1) is 0 Å². The molecule has 0 aromatic heterocycles. The molecule has 7 heteroatoms. The Morgan fingerprint density at radius 2 is 2.05 bits per heavy atom. The molecule has 1 aromatic carbocycles. The minimum Gasteiger partial charge on any atom is -0.463 e. The summed E-state index contributed by atoms with van der Waals surface area (Å²) in [6, 6.07) is 6.40. The van der Waals surface area contributed by atoms with Crippen molar-refractivity contribution in [3.05, 3.63) is 29.8 Å². The second kappa shape index (κ2) is 6.36. The zero-order chi connectivity index (χ0) is 16.4. The van der Waals surface area contributed by atoms with Gasteiger partial charge in [0.1, 0.15) is 12.7 Å². The van der Waals surface area contributed by atoms with Crippen molar-refractivity contribution in [2.45, 2.75) is 37.1 Å². The van der Waals surface area contributed by atoms with Crippen LogP contribution in [0.25, 0.3) is 0 Å². The van der Waals surface area contributed by atoms with E-state index in [0.29, 0.717) is 12.2 Å². The summed E-state index contributed by atoms with van der Waals surface area (Å²) in [6.45, 7) is 4.03. The minimum absolute atomic E-state index is 0.0866. The molecule has 22 heavy (non-hydrogen) atoms. The van der Waals surface area contributed by atoms with Gasteiger partial charge in [0.25, 0.3) is 0 Å². The van der Waals surface area contributed by atoms with Crippen LogP contribution in [0.15, 0.2) is 29.2 Å². The van der Waals surface area contributed by atoms with Gasteiger partial charge in [-0.1, -0.05) is 18.2 Å². The van der Waals surface area contributed by atoms with E-state index in [9.17, 15) is 13.2 Å². The highest BCUT2D eigenvalue weighted by Crippen LogP contribution is 2.22. The van der Waals surface area contributed by atoms with E-state index in [-0.39, 0.29) is 24.0 Å². The highest BCUT2D eigenvalue weighted by Gasteiger charge is 2.33. The lowest BCUT2D eigenvalue weighted by atomic mass is 10.1. The molecule has 2 rings (SSSR count). The summed E-state index contributed by atoms with van der Waals surface area (Å²) in [6.07, 6.45) is 0.715. The normalized spacial score (nSPS) is 20.8. The Hall–Kier alpha value is -1.44. The molecule has 1 aliphatic heterocycles. The van der Waals surface area contributed by atoms with Crippen molar-refractivity contribution in [1.29, 1.82) is 0 Å². The zero-order valence-electron chi connectivity index (χ0n) is 12.9. The van der Waals surface area contributed by atoms with Crippen LogP contribution in [-0.2, 0) is 35.3 Å². The third-order valence-corrected chi connectivity index (χ3v) is 4.40. The Morgan fingerprint density at radius 3 is 2.64 bits per heavy atom. The average Bonchev–Trinajstić information content (AvgIpc) is 2.75. The number of sulfone groups is 1. The molecule has 1 saturated heterocycles. The van der Waals surface area contributed by atoms with Crippen LogP contribution in [0.5, 0.6) is 0 Å². The summed E-state index contributed by atoms with van der Waals surface area (Å²) in [4.78, 5) is 12.0. The highest BCUT2D eigenvalue weighted by molar-refractivity contribution is 7.90. The maximum absolute atomic E-state index is 11.9. The Balaban J connectivity index is 1.93. The Labute approximate surface area is 130 Å². The first-order valence-corrected chi connectivity index (χ1v) is 8.82. The van der Waals surface area contributed by atoms with Crippen molar-refractivity contribution in [2.75, 3.05) is 19.5 Å². The van der Waals surface area contributed by atoms with Gasteiger partial charge in [0.15, 0.2) is 15.6 Å². The molecular weight excluding hydrogens is 308 g/mol. The van der Waals surface area contributed by atoms with Crippen molar-refractivity contribution in [1.82, 2.24) is 0 Å². The zero-order valence-corrected chi connectivity index (χ0v) is 13.7. The predicted octanol–water partition coefficient (Wildman–Crippen LogP) is 1.33. The molecule has 0 spiro atoms. The van der Waals surface area contributed by atoms with E-state index in [1.165, 1.54) is 6.07 Å². The van der Waals surface area contributed by atoms with E-state index in [1.807, 2.05) is 0 Å². The number of benzene rings is 1. The molecule has 0 N–H and O–H groups in total. The largest absolute Gasteiger partial charge is 0.463 e. The molecule has 1 atom stereocenters. The summed E-state index contributed by atoms with van der Waals surface area (Å²) in [5.74, 6) is -1.16. The molecule has 0 bridgehead atoms. The molecule has 6 nitrogen and oxygen atoms in total. The van der Waals surface area contributed by atoms with E-state index in [0.717, 1.165) is 6.26 Å². The standard InChI is InChI=1S/C15H20O6S/c1-15(2)20-10-12(21-15)9-19-14(16)8-11-6-4-5-7-13(11)22(3,17)18/h4-7,12H,8-10H2,1-3H3/t12-/m1/s1. The van der Waals surface area contributed by atoms with E-state index in [2.05, 4.69) is 0 Å². The molecule has 1 heterocycles. The number of ether oxygens (including phenoxy) is 3. The number of esters is 1. The molecule has 1 aromatic rings. The smallest absolute Gasteiger partial charge is 0.310 e. The average molecular weight is 328 g/mol. The second-order valence-electron chi connectivity index (χ2n) is 5.69. The number of rotatable bonds is 5. The number of hydrogen-bond acceptors (Lipinski definition) is 6. The molecule has 0 radical (unpaired) electrons. The van der Waals surface area contributed by atoms with Crippen molar-refractivity contribution >= 4 is 15.8 Å². The first-order valence-electron chi connectivity index (χ1n) is 6.93. The minimum atomic E-state index is -3.38. The molecule has 0 saturated carbocycles. The van der Waals surface area contributed by atoms with Gasteiger partial charge in [-0.2, -0.15) is 0 Å².